The van der Waals surface area contributed by atoms with Gasteiger partial charge in [-0.3, -0.25) is 10.1 Å². The maximum Gasteiger partial charge on any atom is 0.535 e. The van der Waals surface area contributed by atoms with Crippen molar-refractivity contribution < 1.29 is 30.7 Å². The fourth-order valence-electron chi connectivity index (χ4n) is 2.08. The number of aryl methyl sites for hydroxylation is 1. The fourth-order valence-corrected chi connectivity index (χ4v) is 3.49. The molecule has 0 heterocycles. The molecular weight excluding hydrogens is 363 g/mol. The smallest absolute Gasteiger partial charge is 0.382 e. The van der Waals surface area contributed by atoms with Crippen molar-refractivity contribution in [3.63, 3.8) is 0 Å². The van der Waals surface area contributed by atoms with Gasteiger partial charge in [0.15, 0.2) is 0 Å². The van der Waals surface area contributed by atoms with Crippen LogP contribution in [0.2, 0.25) is 0 Å². The van der Waals surface area contributed by atoms with Crippen LogP contribution in [0.4, 0.5) is 13.2 Å². The van der Waals surface area contributed by atoms with Gasteiger partial charge in [0.25, 0.3) is 5.25 Å². The van der Waals surface area contributed by atoms with E-state index in [1.165, 1.54) is 24.3 Å². The highest BCUT2D eigenvalue weighted by molar-refractivity contribution is 7.87. The molecule has 0 aliphatic rings. The van der Waals surface area contributed by atoms with Gasteiger partial charge in [-0.1, -0.05) is 35.9 Å². The van der Waals surface area contributed by atoms with Gasteiger partial charge >= 0.3 is 16.2 Å². The van der Waals surface area contributed by atoms with Crippen LogP contribution in [0.3, 0.4) is 0 Å². The Morgan fingerprint density at radius 1 is 1.12 bits per heavy atom. The van der Waals surface area contributed by atoms with Crippen LogP contribution in [0.1, 0.15) is 16.4 Å². The zero-order valence-corrected chi connectivity index (χ0v) is 13.5. The molecule has 2 rings (SSSR count). The number of benzene rings is 2. The minimum atomic E-state index is -5.30. The van der Waals surface area contributed by atoms with Gasteiger partial charge in [0, 0.05) is 5.56 Å². The Morgan fingerprint density at radius 3 is 2.20 bits per heavy atom. The van der Waals surface area contributed by atoms with Crippen LogP contribution < -0.4 is 4.18 Å². The van der Waals surface area contributed by atoms with Crippen molar-refractivity contribution in [2.45, 2.75) is 18.2 Å². The van der Waals surface area contributed by atoms with E-state index in [0.29, 0.717) is 0 Å². The van der Waals surface area contributed by atoms with Crippen LogP contribution in [-0.4, -0.2) is 19.4 Å². The molecule has 134 valence electrons. The summed E-state index contributed by atoms with van der Waals surface area (Å²) in [4.78, 5) is 8.62. The van der Waals surface area contributed by atoms with Crippen LogP contribution in [-0.2, 0) is 10.1 Å². The molecule has 0 aliphatic carbocycles. The van der Waals surface area contributed by atoms with Crippen LogP contribution in [0.5, 0.6) is 5.75 Å². The van der Waals surface area contributed by atoms with E-state index in [0.717, 1.165) is 29.8 Å². The SMILES string of the molecule is Cc1ccc(OS(=O)(=O)[C@H](c2ccccc2F)C(F)(F)[N+](=O)[O-])cc1. The lowest BCUT2D eigenvalue weighted by Gasteiger charge is -2.20. The first-order chi connectivity index (χ1) is 11.6. The van der Waals surface area contributed by atoms with Crippen molar-refractivity contribution in [1.82, 2.24) is 0 Å². The van der Waals surface area contributed by atoms with Crippen LogP contribution >= 0.6 is 0 Å². The third-order valence-electron chi connectivity index (χ3n) is 3.27. The lowest BCUT2D eigenvalue weighted by molar-refractivity contribution is -0.644. The largest absolute Gasteiger partial charge is 0.535 e. The molecule has 2 aromatic rings. The van der Waals surface area contributed by atoms with Gasteiger partial charge in [0.2, 0.25) is 0 Å². The highest BCUT2D eigenvalue weighted by atomic mass is 32.2. The Labute approximate surface area is 141 Å². The molecule has 2 aromatic carbocycles. The van der Waals surface area contributed by atoms with Crippen molar-refractivity contribution in [3.8, 4) is 5.75 Å². The summed E-state index contributed by atoms with van der Waals surface area (Å²) in [6.07, 6.45) is 0. The molecule has 0 bridgehead atoms. The van der Waals surface area contributed by atoms with E-state index in [1.807, 2.05) is 0 Å². The molecular formula is C15H12F3NO5S. The molecule has 0 aliphatic heterocycles. The zero-order chi connectivity index (χ0) is 18.8. The van der Waals surface area contributed by atoms with Gasteiger partial charge in [-0.05, 0) is 25.1 Å². The minimum Gasteiger partial charge on any atom is -0.382 e. The predicted molar refractivity (Wildman–Crippen MR) is 81.8 cm³/mol. The molecule has 10 heteroatoms. The molecule has 0 aromatic heterocycles. The third-order valence-corrected chi connectivity index (χ3v) is 4.81. The molecule has 6 nitrogen and oxygen atoms in total. The summed E-state index contributed by atoms with van der Waals surface area (Å²) in [6, 6.07) is 3.95. The average molecular weight is 375 g/mol. The van der Waals surface area contributed by atoms with Crippen molar-refractivity contribution in [2.24, 2.45) is 0 Å². The van der Waals surface area contributed by atoms with Crippen LogP contribution in [0.15, 0.2) is 48.5 Å². The number of halogens is 3. The quantitative estimate of drug-likeness (QED) is 0.334. The standard InChI is InChI=1S/C15H12F3NO5S/c1-10-6-8-11(9-7-10)24-25(22,23)14(15(17,18)19(20)21)12-4-2-3-5-13(12)16/h2-9,14H,1H3/t14-/m1/s1. The van der Waals surface area contributed by atoms with E-state index < -0.39 is 37.7 Å². The second-order valence-electron chi connectivity index (χ2n) is 5.14. The summed E-state index contributed by atoms with van der Waals surface area (Å²) >= 11 is 0. The fraction of sp³-hybridized carbons (Fsp3) is 0.200. The van der Waals surface area contributed by atoms with Crippen molar-refractivity contribution in [2.75, 3.05) is 0 Å². The van der Waals surface area contributed by atoms with Crippen molar-refractivity contribution in [1.29, 1.82) is 0 Å². The van der Waals surface area contributed by atoms with Gasteiger partial charge in [-0.15, -0.1) is 8.78 Å². The molecule has 25 heavy (non-hydrogen) atoms. The number of hydrogen-bond acceptors (Lipinski definition) is 5. The Kier molecular flexibility index (Phi) is 5.02. The summed E-state index contributed by atoms with van der Waals surface area (Å²) in [7, 11) is -5.30. The van der Waals surface area contributed by atoms with E-state index in [2.05, 4.69) is 4.18 Å². The van der Waals surface area contributed by atoms with Crippen LogP contribution in [0.25, 0.3) is 0 Å². The van der Waals surface area contributed by atoms with Crippen LogP contribution in [0, 0.1) is 22.9 Å². The second kappa shape index (κ2) is 6.71. The normalized spacial score (nSPS) is 13.3. The Balaban J connectivity index is 2.56. The average Bonchev–Trinajstić information content (AvgIpc) is 2.51. The molecule has 0 N–H and O–H groups in total. The lowest BCUT2D eigenvalue weighted by Crippen LogP contribution is -2.41. The number of alkyl halides is 2. The highest BCUT2D eigenvalue weighted by Crippen LogP contribution is 2.40. The first-order valence-electron chi connectivity index (χ1n) is 6.82. The number of hydrogen-bond donors (Lipinski definition) is 0. The zero-order valence-electron chi connectivity index (χ0n) is 12.7. The summed E-state index contributed by atoms with van der Waals surface area (Å²) in [5, 5.41) is 7.55. The Hall–Kier alpha value is -2.62. The number of nitro groups is 1. The highest BCUT2D eigenvalue weighted by Gasteiger charge is 2.62. The van der Waals surface area contributed by atoms with E-state index in [1.54, 1.807) is 6.92 Å². The molecule has 0 radical (unpaired) electrons. The second-order valence-corrected chi connectivity index (χ2v) is 6.76. The lowest BCUT2D eigenvalue weighted by atomic mass is 10.1. The van der Waals surface area contributed by atoms with E-state index >= 15 is 0 Å². The molecule has 0 fully saturated rings. The van der Waals surface area contributed by atoms with Gasteiger partial charge in [0.1, 0.15) is 11.6 Å². The number of rotatable bonds is 6. The monoisotopic (exact) mass is 375 g/mol. The molecule has 0 saturated carbocycles. The summed E-state index contributed by atoms with van der Waals surface area (Å²) in [5.74, 6) is -1.66. The number of nitrogens with zero attached hydrogens (tertiary/aromatic N) is 1. The topological polar surface area (TPSA) is 86.5 Å². The first kappa shape index (κ1) is 18.7. The molecule has 0 amide bonds. The maximum absolute atomic E-state index is 14.0. The minimum absolute atomic E-state index is 0.328. The Bertz CT molecular complexity index is 884. The summed E-state index contributed by atoms with van der Waals surface area (Å²) < 4.78 is 71.1. The van der Waals surface area contributed by atoms with Gasteiger partial charge in [0.05, 0.1) is 4.92 Å². The van der Waals surface area contributed by atoms with E-state index in [4.69, 9.17) is 0 Å². The summed E-state index contributed by atoms with van der Waals surface area (Å²) in [6.45, 7) is 1.70. The van der Waals surface area contributed by atoms with Crippen molar-refractivity contribution >= 4 is 10.1 Å². The summed E-state index contributed by atoms with van der Waals surface area (Å²) in [5.41, 5.74) is -0.317. The molecule has 0 saturated heterocycles. The molecule has 0 unspecified atom stereocenters. The third kappa shape index (κ3) is 3.90. The van der Waals surface area contributed by atoms with E-state index in [-0.39, 0.29) is 5.75 Å². The van der Waals surface area contributed by atoms with Gasteiger partial charge in [-0.25, -0.2) is 4.39 Å². The predicted octanol–water partition coefficient (Wildman–Crippen LogP) is 3.45. The Morgan fingerprint density at radius 2 is 1.68 bits per heavy atom. The molecule has 0 spiro atoms. The van der Waals surface area contributed by atoms with Crippen molar-refractivity contribution in [3.05, 3.63) is 75.6 Å². The first-order valence-corrected chi connectivity index (χ1v) is 8.29. The van der Waals surface area contributed by atoms with E-state index in [9.17, 15) is 31.7 Å². The maximum atomic E-state index is 14.0. The van der Waals surface area contributed by atoms with Gasteiger partial charge in [-0.2, -0.15) is 8.42 Å². The van der Waals surface area contributed by atoms with Gasteiger partial charge < -0.3 is 4.18 Å². The molecule has 1 atom stereocenters.